The minimum atomic E-state index is 0.337. The van der Waals surface area contributed by atoms with Gasteiger partial charge in [-0.05, 0) is 48.1 Å². The zero-order valence-corrected chi connectivity index (χ0v) is 13.8. The van der Waals surface area contributed by atoms with Gasteiger partial charge in [-0.2, -0.15) is 0 Å². The number of hydrogen-bond acceptors (Lipinski definition) is 2. The Morgan fingerprint density at radius 3 is 2.29 bits per heavy atom. The van der Waals surface area contributed by atoms with E-state index in [2.05, 4.69) is 49.9 Å². The third-order valence-electron chi connectivity index (χ3n) is 5.45. The first-order valence-corrected chi connectivity index (χ1v) is 8.62. The molecule has 2 heteroatoms. The van der Waals surface area contributed by atoms with Crippen LogP contribution >= 0.6 is 0 Å². The Hall–Kier alpha value is -0.860. The van der Waals surface area contributed by atoms with E-state index in [0.717, 1.165) is 24.9 Å². The van der Waals surface area contributed by atoms with Crippen molar-refractivity contribution in [1.82, 2.24) is 4.90 Å². The van der Waals surface area contributed by atoms with Crippen LogP contribution in [-0.2, 0) is 0 Å². The molecule has 1 aromatic carbocycles. The molecule has 2 unspecified atom stereocenters. The average Bonchev–Trinajstić information content (AvgIpc) is 2.43. The highest BCUT2D eigenvalue weighted by molar-refractivity contribution is 5.28. The van der Waals surface area contributed by atoms with Crippen molar-refractivity contribution in [3.8, 4) is 0 Å². The van der Waals surface area contributed by atoms with Crippen molar-refractivity contribution in [2.45, 2.75) is 64.0 Å². The fraction of sp³-hybridized carbons (Fsp3) is 0.684. The number of nitrogens with zero attached hydrogens (tertiary/aromatic N) is 1. The molecule has 1 aliphatic heterocycles. The van der Waals surface area contributed by atoms with Crippen LogP contribution in [0.15, 0.2) is 24.3 Å². The summed E-state index contributed by atoms with van der Waals surface area (Å²) in [7, 11) is 0. The Morgan fingerprint density at radius 2 is 1.71 bits per heavy atom. The van der Waals surface area contributed by atoms with Crippen LogP contribution in [0.25, 0.3) is 0 Å². The lowest BCUT2D eigenvalue weighted by Gasteiger charge is -2.47. The molecule has 0 aromatic heterocycles. The summed E-state index contributed by atoms with van der Waals surface area (Å²) in [6.07, 6.45) is 3.87. The second kappa shape index (κ2) is 6.10. The van der Waals surface area contributed by atoms with Crippen LogP contribution in [0, 0.1) is 5.92 Å². The molecule has 2 N–H and O–H groups in total. The van der Waals surface area contributed by atoms with Gasteiger partial charge in [0.15, 0.2) is 0 Å². The van der Waals surface area contributed by atoms with E-state index in [4.69, 9.17) is 5.73 Å². The summed E-state index contributed by atoms with van der Waals surface area (Å²) < 4.78 is 0. The first-order valence-electron chi connectivity index (χ1n) is 8.62. The Bertz CT molecular complexity index is 459. The Balaban J connectivity index is 1.69. The Kier molecular flexibility index (Phi) is 4.37. The van der Waals surface area contributed by atoms with Crippen LogP contribution in [-0.4, -0.2) is 30.1 Å². The van der Waals surface area contributed by atoms with Crippen molar-refractivity contribution in [1.29, 1.82) is 0 Å². The molecule has 116 valence electrons. The van der Waals surface area contributed by atoms with Gasteiger partial charge in [0.05, 0.1) is 0 Å². The maximum Gasteiger partial charge on any atom is 0.0174 e. The van der Waals surface area contributed by atoms with Crippen LogP contribution in [0.2, 0.25) is 0 Å². The maximum absolute atomic E-state index is 6.34. The van der Waals surface area contributed by atoms with E-state index in [-0.39, 0.29) is 0 Å². The summed E-state index contributed by atoms with van der Waals surface area (Å²) in [5, 5.41) is 0. The number of hydrogen-bond donors (Lipinski definition) is 1. The van der Waals surface area contributed by atoms with Crippen molar-refractivity contribution in [3.63, 3.8) is 0 Å². The normalized spacial score (nSPS) is 34.0. The largest absolute Gasteiger partial charge is 0.327 e. The SMILES string of the molecule is CC1CC(N2CC(N)CC(c3ccc(C(C)C)cc3)C2)C1. The molecule has 1 saturated heterocycles. The predicted molar refractivity (Wildman–Crippen MR) is 89.6 cm³/mol. The van der Waals surface area contributed by atoms with Crippen LogP contribution in [0.4, 0.5) is 0 Å². The molecule has 1 aliphatic carbocycles. The minimum Gasteiger partial charge on any atom is -0.327 e. The van der Waals surface area contributed by atoms with E-state index < -0.39 is 0 Å². The highest BCUT2D eigenvalue weighted by Crippen LogP contribution is 2.36. The number of piperidine rings is 1. The van der Waals surface area contributed by atoms with Crippen molar-refractivity contribution < 1.29 is 0 Å². The van der Waals surface area contributed by atoms with E-state index in [9.17, 15) is 0 Å². The number of likely N-dealkylation sites (tertiary alicyclic amines) is 1. The fourth-order valence-corrected chi connectivity index (χ4v) is 4.02. The summed E-state index contributed by atoms with van der Waals surface area (Å²) in [4.78, 5) is 2.66. The molecule has 2 atom stereocenters. The van der Waals surface area contributed by atoms with Gasteiger partial charge in [-0.1, -0.05) is 45.0 Å². The summed E-state index contributed by atoms with van der Waals surface area (Å²) in [5.41, 5.74) is 9.25. The number of benzene rings is 1. The summed E-state index contributed by atoms with van der Waals surface area (Å²) in [6.45, 7) is 9.17. The maximum atomic E-state index is 6.34. The first-order chi connectivity index (χ1) is 10.0. The van der Waals surface area contributed by atoms with Gasteiger partial charge in [0, 0.05) is 25.2 Å². The van der Waals surface area contributed by atoms with Crippen LogP contribution in [0.3, 0.4) is 0 Å². The monoisotopic (exact) mass is 286 g/mol. The average molecular weight is 286 g/mol. The van der Waals surface area contributed by atoms with Gasteiger partial charge in [-0.25, -0.2) is 0 Å². The van der Waals surface area contributed by atoms with Crippen LogP contribution in [0.5, 0.6) is 0 Å². The van der Waals surface area contributed by atoms with Gasteiger partial charge >= 0.3 is 0 Å². The first kappa shape index (κ1) is 15.1. The lowest BCUT2D eigenvalue weighted by atomic mass is 9.78. The van der Waals surface area contributed by atoms with E-state index >= 15 is 0 Å². The van der Waals surface area contributed by atoms with Gasteiger partial charge in [0.1, 0.15) is 0 Å². The van der Waals surface area contributed by atoms with Gasteiger partial charge in [0.25, 0.3) is 0 Å². The third-order valence-corrected chi connectivity index (χ3v) is 5.45. The van der Waals surface area contributed by atoms with E-state index in [0.29, 0.717) is 17.9 Å². The van der Waals surface area contributed by atoms with Crippen molar-refractivity contribution in [2.75, 3.05) is 13.1 Å². The number of rotatable bonds is 3. The lowest BCUT2D eigenvalue weighted by Crippen LogP contribution is -2.53. The summed E-state index contributed by atoms with van der Waals surface area (Å²) in [6, 6.07) is 10.4. The molecular formula is C19H30N2. The Labute approximate surface area is 129 Å². The lowest BCUT2D eigenvalue weighted by molar-refractivity contribution is 0.0542. The molecular weight excluding hydrogens is 256 g/mol. The van der Waals surface area contributed by atoms with Crippen LogP contribution < -0.4 is 5.73 Å². The predicted octanol–water partition coefficient (Wildman–Crippen LogP) is 3.73. The quantitative estimate of drug-likeness (QED) is 0.917. The highest BCUT2D eigenvalue weighted by atomic mass is 15.2. The second-order valence-electron chi connectivity index (χ2n) is 7.70. The zero-order chi connectivity index (χ0) is 15.0. The van der Waals surface area contributed by atoms with Gasteiger partial charge in [-0.3, -0.25) is 4.90 Å². The van der Waals surface area contributed by atoms with E-state index in [1.165, 1.54) is 30.5 Å². The molecule has 0 bridgehead atoms. The molecule has 0 amide bonds. The van der Waals surface area contributed by atoms with Gasteiger partial charge < -0.3 is 5.73 Å². The number of nitrogens with two attached hydrogens (primary N) is 1. The van der Waals surface area contributed by atoms with Gasteiger partial charge in [-0.15, -0.1) is 0 Å². The summed E-state index contributed by atoms with van der Waals surface area (Å²) >= 11 is 0. The van der Waals surface area contributed by atoms with Crippen molar-refractivity contribution in [2.24, 2.45) is 11.7 Å². The molecule has 1 heterocycles. The molecule has 21 heavy (non-hydrogen) atoms. The Morgan fingerprint density at radius 1 is 1.05 bits per heavy atom. The molecule has 3 rings (SSSR count). The molecule has 2 fully saturated rings. The molecule has 0 spiro atoms. The molecule has 0 radical (unpaired) electrons. The minimum absolute atomic E-state index is 0.337. The molecule has 2 aliphatic rings. The zero-order valence-electron chi connectivity index (χ0n) is 13.8. The highest BCUT2D eigenvalue weighted by Gasteiger charge is 2.35. The standard InChI is InChI=1S/C19H30N2/c1-13(2)15-4-6-16(7-5-15)17-10-18(20)12-21(11-17)19-8-14(3)9-19/h4-7,13-14,17-19H,8-12,20H2,1-3H3. The summed E-state index contributed by atoms with van der Waals surface area (Å²) in [5.74, 6) is 2.14. The molecule has 1 aromatic rings. The van der Waals surface area contributed by atoms with E-state index in [1.807, 2.05) is 0 Å². The van der Waals surface area contributed by atoms with E-state index in [1.54, 1.807) is 0 Å². The van der Waals surface area contributed by atoms with Crippen molar-refractivity contribution in [3.05, 3.63) is 35.4 Å². The fourth-order valence-electron chi connectivity index (χ4n) is 4.02. The second-order valence-corrected chi connectivity index (χ2v) is 7.70. The van der Waals surface area contributed by atoms with Crippen molar-refractivity contribution >= 4 is 0 Å². The third kappa shape index (κ3) is 3.32. The smallest absolute Gasteiger partial charge is 0.0174 e. The molecule has 2 nitrogen and oxygen atoms in total. The van der Waals surface area contributed by atoms with Gasteiger partial charge in [0.2, 0.25) is 0 Å². The topological polar surface area (TPSA) is 29.3 Å². The molecule has 1 saturated carbocycles. The van der Waals surface area contributed by atoms with Crippen LogP contribution in [0.1, 0.15) is 63.0 Å².